The predicted molar refractivity (Wildman–Crippen MR) is 108 cm³/mol. The summed E-state index contributed by atoms with van der Waals surface area (Å²) in [6, 6.07) is 2.35. The molecule has 24 heavy (non-hydrogen) atoms. The quantitative estimate of drug-likeness (QED) is 0.414. The molecule has 0 aliphatic heterocycles. The van der Waals surface area contributed by atoms with Crippen molar-refractivity contribution in [2.45, 2.75) is 72.6 Å². The van der Waals surface area contributed by atoms with Crippen LogP contribution in [0.2, 0.25) is 13.3 Å². The van der Waals surface area contributed by atoms with Crippen LogP contribution in [0.25, 0.3) is 10.7 Å². The Kier molecular flexibility index (Phi) is 8.67. The summed E-state index contributed by atoms with van der Waals surface area (Å²) in [5.74, 6) is 0. The molecule has 0 N–H and O–H groups in total. The molecule has 2 aromatic rings. The summed E-state index contributed by atoms with van der Waals surface area (Å²) in [5.41, 5.74) is 0.980. The second-order valence-corrected chi connectivity index (χ2v) is 20.9. The molecule has 2 rings (SSSR count). The third-order valence-electron chi connectivity index (χ3n) is 4.94. The van der Waals surface area contributed by atoms with Crippen LogP contribution in [-0.2, 0) is 0 Å². The van der Waals surface area contributed by atoms with Gasteiger partial charge < -0.3 is 0 Å². The zero-order valence-electron chi connectivity index (χ0n) is 15.4. The van der Waals surface area contributed by atoms with Crippen molar-refractivity contribution in [1.29, 1.82) is 0 Å². The Morgan fingerprint density at radius 1 is 0.958 bits per heavy atom. The van der Waals surface area contributed by atoms with E-state index >= 15 is 0 Å². The predicted octanol–water partition coefficient (Wildman–Crippen LogP) is 5.66. The first kappa shape index (κ1) is 19.8. The van der Waals surface area contributed by atoms with Gasteiger partial charge in [-0.3, -0.25) is 0 Å². The second kappa shape index (κ2) is 10.5. The van der Waals surface area contributed by atoms with E-state index in [9.17, 15) is 0 Å². The molecule has 2 aromatic heterocycles. The molecule has 0 saturated carbocycles. The van der Waals surface area contributed by atoms with Gasteiger partial charge in [0.2, 0.25) is 0 Å². The Hall–Kier alpha value is -0.491. The van der Waals surface area contributed by atoms with E-state index in [0.717, 1.165) is 10.7 Å². The van der Waals surface area contributed by atoms with Crippen LogP contribution < -0.4 is 3.58 Å². The Morgan fingerprint density at radius 3 is 2.08 bits per heavy atom. The van der Waals surface area contributed by atoms with E-state index in [1.807, 2.05) is 11.6 Å². The molecule has 0 radical (unpaired) electrons. The van der Waals surface area contributed by atoms with Crippen LogP contribution in [-0.4, -0.2) is 33.6 Å². The number of aromatic nitrogens is 3. The average Bonchev–Trinajstić information content (AvgIpc) is 3.16. The van der Waals surface area contributed by atoms with Gasteiger partial charge in [0.15, 0.2) is 0 Å². The van der Waals surface area contributed by atoms with Crippen LogP contribution in [0.4, 0.5) is 0 Å². The van der Waals surface area contributed by atoms with Gasteiger partial charge in [-0.25, -0.2) is 0 Å². The minimum atomic E-state index is -2.40. The van der Waals surface area contributed by atoms with E-state index in [1.54, 1.807) is 14.9 Å². The van der Waals surface area contributed by atoms with Gasteiger partial charge in [0.25, 0.3) is 0 Å². The number of hydrogen-bond donors (Lipinski definition) is 0. The van der Waals surface area contributed by atoms with Crippen LogP contribution in [0.5, 0.6) is 0 Å². The Morgan fingerprint density at radius 2 is 1.58 bits per heavy atom. The molecular weight excluding hydrogens is 421 g/mol. The second-order valence-electron chi connectivity index (χ2n) is 6.76. The van der Waals surface area contributed by atoms with E-state index in [-0.39, 0.29) is 0 Å². The van der Waals surface area contributed by atoms with E-state index in [1.165, 1.54) is 51.8 Å². The van der Waals surface area contributed by atoms with Crippen molar-refractivity contribution in [2.24, 2.45) is 0 Å². The van der Waals surface area contributed by atoms with Crippen molar-refractivity contribution in [1.82, 2.24) is 15.2 Å². The van der Waals surface area contributed by atoms with Crippen molar-refractivity contribution in [3.05, 3.63) is 23.8 Å². The molecule has 0 saturated heterocycles. The van der Waals surface area contributed by atoms with Gasteiger partial charge in [0.05, 0.1) is 0 Å². The molecule has 0 unspecified atom stereocenters. The fourth-order valence-corrected chi connectivity index (χ4v) is 19.7. The van der Waals surface area contributed by atoms with Crippen molar-refractivity contribution in [3.63, 3.8) is 0 Å². The molecule has 5 heteroatoms. The molecule has 0 fully saturated rings. The zero-order chi connectivity index (χ0) is 17.3. The Labute approximate surface area is 155 Å². The number of nitrogens with zero attached hydrogens (tertiary/aromatic N) is 3. The van der Waals surface area contributed by atoms with Gasteiger partial charge in [-0.2, -0.15) is 0 Å². The number of rotatable bonds is 11. The zero-order valence-corrected chi connectivity index (χ0v) is 19.1. The van der Waals surface area contributed by atoms with Gasteiger partial charge in [-0.05, 0) is 0 Å². The maximum absolute atomic E-state index is 4.44. The van der Waals surface area contributed by atoms with Gasteiger partial charge in [-0.1, -0.05) is 0 Å². The molecule has 3 nitrogen and oxygen atoms in total. The summed E-state index contributed by atoms with van der Waals surface area (Å²) in [5, 5.41) is 11.8. The third kappa shape index (κ3) is 5.25. The molecular formula is C19H31N3SSn. The molecule has 0 aliphatic carbocycles. The summed E-state index contributed by atoms with van der Waals surface area (Å²) in [6.07, 6.45) is 12.0. The summed E-state index contributed by atoms with van der Waals surface area (Å²) in [4.78, 5) is 4.44. The molecule has 0 bridgehead atoms. The van der Waals surface area contributed by atoms with Crippen LogP contribution >= 0.6 is 11.3 Å². The number of unbranched alkanes of at least 4 members (excludes halogenated alkanes) is 3. The average molecular weight is 452 g/mol. The van der Waals surface area contributed by atoms with E-state index in [0.29, 0.717) is 0 Å². The maximum atomic E-state index is 4.44. The standard InChI is InChI=1S/C7H4N3S.3C4H9.Sn/c1-2-6(10-9-3-1)7-8-4-5-11-7;3*1-3-4-2;/h2-5H;3*1,3-4H2,2H3;. The fraction of sp³-hybridized carbons (Fsp3) is 0.632. The molecule has 0 aromatic carbocycles. The first-order valence-electron chi connectivity index (χ1n) is 9.48. The molecule has 0 aliphatic rings. The summed E-state index contributed by atoms with van der Waals surface area (Å²) < 4.78 is 5.98. The van der Waals surface area contributed by atoms with E-state index in [4.69, 9.17) is 0 Å². The molecule has 0 atom stereocenters. The van der Waals surface area contributed by atoms with Gasteiger partial charge >= 0.3 is 156 Å². The minimum absolute atomic E-state index is 0.980. The van der Waals surface area contributed by atoms with Crippen molar-refractivity contribution in [3.8, 4) is 10.7 Å². The number of hydrogen-bond acceptors (Lipinski definition) is 4. The van der Waals surface area contributed by atoms with Crippen LogP contribution in [0.3, 0.4) is 0 Å². The molecule has 0 spiro atoms. The van der Waals surface area contributed by atoms with Crippen molar-refractivity contribution < 1.29 is 0 Å². The molecule has 0 amide bonds. The normalized spacial score (nSPS) is 11.8. The summed E-state index contributed by atoms with van der Waals surface area (Å²) in [7, 11) is 0. The van der Waals surface area contributed by atoms with Gasteiger partial charge in [0.1, 0.15) is 0 Å². The molecule has 2 heterocycles. The first-order valence-corrected chi connectivity index (χ1v) is 17.8. The van der Waals surface area contributed by atoms with Crippen LogP contribution in [0, 0.1) is 0 Å². The topological polar surface area (TPSA) is 38.7 Å². The van der Waals surface area contributed by atoms with E-state index in [2.05, 4.69) is 48.2 Å². The summed E-state index contributed by atoms with van der Waals surface area (Å²) >= 11 is -0.746. The molecule has 132 valence electrons. The Balaban J connectivity index is 2.37. The van der Waals surface area contributed by atoms with Crippen LogP contribution in [0.1, 0.15) is 59.3 Å². The number of thiazole rings is 1. The van der Waals surface area contributed by atoms with Crippen molar-refractivity contribution in [2.75, 3.05) is 0 Å². The fourth-order valence-electron chi connectivity index (χ4n) is 3.46. The van der Waals surface area contributed by atoms with Gasteiger partial charge in [0, 0.05) is 0 Å². The third-order valence-corrected chi connectivity index (χ3v) is 21.2. The van der Waals surface area contributed by atoms with E-state index < -0.39 is 18.4 Å². The SMILES string of the molecule is CCC[CH2][Sn]([CH2]CCC)([CH2]CCC)[c]1cnnc(-c2nccs2)c1. The Bertz CT molecular complexity index is 564. The summed E-state index contributed by atoms with van der Waals surface area (Å²) in [6.45, 7) is 6.96. The van der Waals surface area contributed by atoms with Gasteiger partial charge in [-0.15, -0.1) is 0 Å². The van der Waals surface area contributed by atoms with Crippen molar-refractivity contribution >= 4 is 33.3 Å². The first-order chi connectivity index (χ1) is 11.8. The monoisotopic (exact) mass is 453 g/mol. The van der Waals surface area contributed by atoms with Crippen LogP contribution in [0.15, 0.2) is 23.8 Å².